The quantitative estimate of drug-likeness (QED) is 0.298. The number of alkyl halides is 6. The van der Waals surface area contributed by atoms with Gasteiger partial charge in [-0.05, 0) is 48.4 Å². The summed E-state index contributed by atoms with van der Waals surface area (Å²) in [5, 5.41) is 14.2. The molecule has 2 aromatic carbocycles. The normalized spacial score (nSPS) is 19.7. The number of piperidine rings is 1. The van der Waals surface area contributed by atoms with Crippen molar-refractivity contribution in [1.82, 2.24) is 15.3 Å². The van der Waals surface area contributed by atoms with E-state index in [4.69, 9.17) is 4.42 Å². The van der Waals surface area contributed by atoms with E-state index >= 15 is 0 Å². The molecule has 0 bridgehead atoms. The number of oxazole rings is 1. The molecule has 214 valence electrons. The minimum atomic E-state index is -5.09. The minimum Gasteiger partial charge on any atom is -0.431 e. The fourth-order valence-corrected chi connectivity index (χ4v) is 4.76. The maximum Gasteiger partial charge on any atom is 0.452 e. The summed E-state index contributed by atoms with van der Waals surface area (Å²) in [6.07, 6.45) is -8.46. The van der Waals surface area contributed by atoms with Crippen molar-refractivity contribution in [2.75, 3.05) is 18.0 Å². The van der Waals surface area contributed by atoms with Crippen molar-refractivity contribution in [3.8, 4) is 11.5 Å². The largest absolute Gasteiger partial charge is 0.452 e. The lowest BCUT2D eigenvalue weighted by Gasteiger charge is -2.45. The van der Waals surface area contributed by atoms with Crippen LogP contribution in [0.25, 0.3) is 11.5 Å². The van der Waals surface area contributed by atoms with Crippen LogP contribution >= 0.6 is 0 Å². The van der Waals surface area contributed by atoms with Gasteiger partial charge in [0, 0.05) is 24.8 Å². The van der Waals surface area contributed by atoms with Crippen LogP contribution in [0.4, 0.5) is 32.2 Å². The second-order valence-corrected chi connectivity index (χ2v) is 9.47. The van der Waals surface area contributed by atoms with E-state index in [2.05, 4.69) is 15.3 Å². The first-order valence-corrected chi connectivity index (χ1v) is 12.4. The Morgan fingerprint density at radius 2 is 1.71 bits per heavy atom. The van der Waals surface area contributed by atoms with Crippen LogP contribution in [0.2, 0.25) is 0 Å². The molecule has 2 atom stereocenters. The molecule has 0 aliphatic carbocycles. The first-order chi connectivity index (χ1) is 19.4. The highest BCUT2D eigenvalue weighted by Crippen LogP contribution is 2.39. The van der Waals surface area contributed by atoms with Crippen molar-refractivity contribution in [3.63, 3.8) is 0 Å². The van der Waals surface area contributed by atoms with E-state index in [1.165, 1.54) is 24.4 Å². The molecule has 0 radical (unpaired) electrons. The van der Waals surface area contributed by atoms with Gasteiger partial charge in [-0.2, -0.15) is 26.3 Å². The maximum atomic E-state index is 13.9. The molecular formula is C28H22F6N4O3. The molecule has 1 saturated heterocycles. The number of anilines is 1. The number of amides is 1. The highest BCUT2D eigenvalue weighted by molar-refractivity contribution is 5.94. The topological polar surface area (TPSA) is 91.5 Å². The molecule has 13 heteroatoms. The number of aromatic nitrogens is 2. The Balaban J connectivity index is 1.54. The molecule has 7 nitrogen and oxygen atoms in total. The summed E-state index contributed by atoms with van der Waals surface area (Å²) >= 11 is 0. The Labute approximate surface area is 229 Å². The summed E-state index contributed by atoms with van der Waals surface area (Å²) in [4.78, 5) is 23.0. The molecule has 5 rings (SSSR count). The van der Waals surface area contributed by atoms with Crippen molar-refractivity contribution in [3.05, 3.63) is 102 Å². The average Bonchev–Trinajstić information content (AvgIpc) is 3.42. The number of halogens is 6. The number of benzene rings is 2. The van der Waals surface area contributed by atoms with Gasteiger partial charge in [-0.25, -0.2) is 9.97 Å². The molecule has 2 N–H and O–H groups in total. The number of pyridine rings is 1. The molecule has 3 heterocycles. The fourth-order valence-electron chi connectivity index (χ4n) is 4.76. The zero-order valence-electron chi connectivity index (χ0n) is 21.1. The van der Waals surface area contributed by atoms with Crippen molar-refractivity contribution < 1.29 is 40.7 Å². The summed E-state index contributed by atoms with van der Waals surface area (Å²) in [7, 11) is 0. The summed E-state index contributed by atoms with van der Waals surface area (Å²) in [6, 6.07) is 15.3. The second kappa shape index (κ2) is 10.5. The van der Waals surface area contributed by atoms with Crippen molar-refractivity contribution in [2.24, 2.45) is 0 Å². The number of nitrogens with one attached hydrogen (secondary N) is 1. The summed E-state index contributed by atoms with van der Waals surface area (Å²) in [5.74, 6) is -2.97. The monoisotopic (exact) mass is 576 g/mol. The van der Waals surface area contributed by atoms with Crippen LogP contribution in [-0.2, 0) is 18.0 Å². The van der Waals surface area contributed by atoms with Crippen LogP contribution in [0.3, 0.4) is 0 Å². The Bertz CT molecular complexity index is 1530. The van der Waals surface area contributed by atoms with Crippen LogP contribution in [-0.4, -0.2) is 40.1 Å². The Kier molecular flexibility index (Phi) is 7.24. The third-order valence-electron chi connectivity index (χ3n) is 6.83. The Morgan fingerprint density at radius 1 is 0.976 bits per heavy atom. The van der Waals surface area contributed by atoms with Gasteiger partial charge in [0.2, 0.25) is 11.7 Å². The lowest BCUT2D eigenvalue weighted by atomic mass is 9.79. The summed E-state index contributed by atoms with van der Waals surface area (Å²) < 4.78 is 87.0. The van der Waals surface area contributed by atoms with Crippen LogP contribution in [0.15, 0.2) is 83.4 Å². The molecule has 0 saturated carbocycles. The average molecular weight is 576 g/mol. The van der Waals surface area contributed by atoms with Gasteiger partial charge in [0.25, 0.3) is 5.91 Å². The van der Waals surface area contributed by atoms with Crippen LogP contribution in [0.5, 0.6) is 0 Å². The fraction of sp³-hybridized carbons (Fsp3) is 0.250. The number of nitrogens with zero attached hydrogens (tertiary/aromatic N) is 3. The number of hydrogen-bond donors (Lipinski definition) is 2. The van der Waals surface area contributed by atoms with Crippen molar-refractivity contribution in [1.29, 1.82) is 0 Å². The summed E-state index contributed by atoms with van der Waals surface area (Å²) in [6.45, 7) is -0.0493. The number of carbonyl (C=O) groups is 1. The molecular weight excluding hydrogens is 554 g/mol. The van der Waals surface area contributed by atoms with Crippen molar-refractivity contribution >= 4 is 11.7 Å². The molecule has 2 unspecified atom stereocenters. The Morgan fingerprint density at radius 3 is 2.37 bits per heavy atom. The molecule has 1 aliphatic rings. The maximum absolute atomic E-state index is 13.9. The molecule has 1 fully saturated rings. The molecule has 0 spiro atoms. The molecule has 41 heavy (non-hydrogen) atoms. The third-order valence-corrected chi connectivity index (χ3v) is 6.83. The van der Waals surface area contributed by atoms with Gasteiger partial charge in [0.15, 0.2) is 5.69 Å². The highest BCUT2D eigenvalue weighted by atomic mass is 19.4. The van der Waals surface area contributed by atoms with E-state index in [-0.39, 0.29) is 30.6 Å². The van der Waals surface area contributed by atoms with Crippen molar-refractivity contribution in [2.45, 2.75) is 30.4 Å². The van der Waals surface area contributed by atoms with E-state index in [9.17, 15) is 36.2 Å². The van der Waals surface area contributed by atoms with E-state index in [1.807, 2.05) is 0 Å². The second-order valence-electron chi connectivity index (χ2n) is 9.47. The SMILES string of the molecule is O=C(NC1CN(c2ccccn2)CCC1(O)c1cccc(C(F)(F)F)c1)c1nc(-c2ccccc2)oc1C(F)(F)F. The molecule has 2 aromatic heterocycles. The van der Waals surface area contributed by atoms with E-state index in [0.29, 0.717) is 5.82 Å². The molecule has 4 aromatic rings. The van der Waals surface area contributed by atoms with E-state index < -0.39 is 52.8 Å². The van der Waals surface area contributed by atoms with Gasteiger partial charge >= 0.3 is 12.4 Å². The van der Waals surface area contributed by atoms with E-state index in [0.717, 1.165) is 18.2 Å². The lowest BCUT2D eigenvalue weighted by Crippen LogP contribution is -2.61. The standard InChI is InChI=1S/C28H22F6N4O3/c29-27(30,31)19-10-6-9-18(15-19)26(40)12-14-38(21-11-4-5-13-35-21)16-20(26)36-24(39)22-23(28(32,33)34)41-25(37-22)17-7-2-1-3-8-17/h1-11,13,15,20,40H,12,14,16H2,(H,36,39). The van der Waals surface area contributed by atoms with E-state index in [1.54, 1.807) is 41.3 Å². The van der Waals surface area contributed by atoms with Gasteiger partial charge in [-0.1, -0.05) is 36.4 Å². The smallest absolute Gasteiger partial charge is 0.431 e. The predicted octanol–water partition coefficient (Wildman–Crippen LogP) is 5.67. The minimum absolute atomic E-state index is 0.131. The zero-order chi connectivity index (χ0) is 29.4. The first-order valence-electron chi connectivity index (χ1n) is 12.4. The predicted molar refractivity (Wildman–Crippen MR) is 135 cm³/mol. The Hall–Kier alpha value is -4.39. The third kappa shape index (κ3) is 5.75. The molecule has 1 amide bonds. The van der Waals surface area contributed by atoms with Gasteiger partial charge in [0.05, 0.1) is 11.6 Å². The van der Waals surface area contributed by atoms with Gasteiger partial charge in [-0.3, -0.25) is 4.79 Å². The van der Waals surface area contributed by atoms with Crippen LogP contribution < -0.4 is 10.2 Å². The number of rotatable bonds is 5. The van der Waals surface area contributed by atoms with Gasteiger partial charge in [-0.15, -0.1) is 0 Å². The first kappa shape index (κ1) is 28.1. The number of aliphatic hydroxyl groups is 1. The van der Waals surface area contributed by atoms with Crippen LogP contribution in [0.1, 0.15) is 33.8 Å². The molecule has 1 aliphatic heterocycles. The number of carbonyl (C=O) groups excluding carboxylic acids is 1. The highest BCUT2D eigenvalue weighted by Gasteiger charge is 2.47. The lowest BCUT2D eigenvalue weighted by molar-refractivity contribution is -0.153. The number of hydrogen-bond acceptors (Lipinski definition) is 6. The van der Waals surface area contributed by atoms with Gasteiger partial charge < -0.3 is 19.7 Å². The van der Waals surface area contributed by atoms with Gasteiger partial charge in [0.1, 0.15) is 11.4 Å². The summed E-state index contributed by atoms with van der Waals surface area (Å²) in [5.41, 5.74) is -4.13. The van der Waals surface area contributed by atoms with Crippen LogP contribution in [0, 0.1) is 0 Å². The zero-order valence-corrected chi connectivity index (χ0v) is 21.1.